The van der Waals surface area contributed by atoms with Crippen molar-refractivity contribution >= 4 is 15.9 Å². The predicted octanol–water partition coefficient (Wildman–Crippen LogP) is 3.39. The molecule has 0 atom stereocenters. The Balaban J connectivity index is 2.11. The van der Waals surface area contributed by atoms with Crippen LogP contribution in [0.4, 0.5) is 0 Å². The summed E-state index contributed by atoms with van der Waals surface area (Å²) in [6.07, 6.45) is 0. The lowest BCUT2D eigenvalue weighted by atomic mass is 10.1. The van der Waals surface area contributed by atoms with Crippen LogP contribution in [0.25, 0.3) is 11.4 Å². The quantitative estimate of drug-likeness (QED) is 0.944. The van der Waals surface area contributed by atoms with Gasteiger partial charge in [0, 0.05) is 15.6 Å². The fourth-order valence-electron chi connectivity index (χ4n) is 1.41. The van der Waals surface area contributed by atoms with E-state index in [2.05, 4.69) is 52.2 Å². The normalized spacial score (nSPS) is 11.8. The van der Waals surface area contributed by atoms with Gasteiger partial charge in [0.2, 0.25) is 11.7 Å². The molecule has 96 valence electrons. The van der Waals surface area contributed by atoms with E-state index in [0.29, 0.717) is 18.3 Å². The van der Waals surface area contributed by atoms with Crippen LogP contribution in [0.15, 0.2) is 33.3 Å². The minimum atomic E-state index is 0.0322. The number of hydrogen-bond acceptors (Lipinski definition) is 4. The number of rotatable bonds is 3. The van der Waals surface area contributed by atoms with Gasteiger partial charge in [0.15, 0.2) is 0 Å². The molecule has 0 bridgehead atoms. The van der Waals surface area contributed by atoms with E-state index in [4.69, 9.17) is 4.52 Å². The fourth-order valence-corrected chi connectivity index (χ4v) is 1.81. The van der Waals surface area contributed by atoms with Gasteiger partial charge in [-0.3, -0.25) is 0 Å². The van der Waals surface area contributed by atoms with E-state index < -0.39 is 0 Å². The monoisotopic (exact) mass is 309 g/mol. The van der Waals surface area contributed by atoms with E-state index in [1.54, 1.807) is 0 Å². The number of hydrogen-bond donors (Lipinski definition) is 1. The van der Waals surface area contributed by atoms with Gasteiger partial charge < -0.3 is 9.84 Å². The summed E-state index contributed by atoms with van der Waals surface area (Å²) in [5, 5.41) is 7.29. The van der Waals surface area contributed by atoms with E-state index in [-0.39, 0.29) is 5.54 Å². The molecule has 18 heavy (non-hydrogen) atoms. The van der Waals surface area contributed by atoms with Gasteiger partial charge in [0.25, 0.3) is 0 Å². The zero-order valence-electron chi connectivity index (χ0n) is 10.7. The lowest BCUT2D eigenvalue weighted by molar-refractivity contribution is 0.336. The van der Waals surface area contributed by atoms with Crippen molar-refractivity contribution in [1.29, 1.82) is 0 Å². The molecule has 0 fully saturated rings. The number of nitrogens with one attached hydrogen (secondary N) is 1. The first kappa shape index (κ1) is 13.2. The van der Waals surface area contributed by atoms with Crippen LogP contribution in [0.3, 0.4) is 0 Å². The second-order valence-electron chi connectivity index (χ2n) is 5.13. The largest absolute Gasteiger partial charge is 0.338 e. The summed E-state index contributed by atoms with van der Waals surface area (Å²) in [4.78, 5) is 4.36. The Morgan fingerprint density at radius 2 is 2.11 bits per heavy atom. The summed E-state index contributed by atoms with van der Waals surface area (Å²) in [5.74, 6) is 1.21. The summed E-state index contributed by atoms with van der Waals surface area (Å²) < 4.78 is 6.21. The van der Waals surface area contributed by atoms with Gasteiger partial charge in [0.1, 0.15) is 0 Å². The van der Waals surface area contributed by atoms with Gasteiger partial charge in [-0.25, -0.2) is 0 Å². The van der Waals surface area contributed by atoms with Crippen LogP contribution in [0, 0.1) is 0 Å². The molecule has 1 heterocycles. The molecular formula is C13H16BrN3O. The maximum absolute atomic E-state index is 5.22. The van der Waals surface area contributed by atoms with E-state index >= 15 is 0 Å². The van der Waals surface area contributed by atoms with Gasteiger partial charge in [-0.1, -0.05) is 33.2 Å². The third-order valence-corrected chi connectivity index (χ3v) is 2.81. The maximum atomic E-state index is 5.22. The summed E-state index contributed by atoms with van der Waals surface area (Å²) in [7, 11) is 0. The molecule has 0 aliphatic carbocycles. The van der Waals surface area contributed by atoms with Crippen LogP contribution in [0.5, 0.6) is 0 Å². The van der Waals surface area contributed by atoms with Crippen molar-refractivity contribution in [2.75, 3.05) is 0 Å². The summed E-state index contributed by atoms with van der Waals surface area (Å²) in [5.41, 5.74) is 0.972. The minimum Gasteiger partial charge on any atom is -0.338 e. The summed E-state index contributed by atoms with van der Waals surface area (Å²) in [6.45, 7) is 6.86. The molecule has 1 aromatic carbocycles. The highest BCUT2D eigenvalue weighted by Crippen LogP contribution is 2.20. The predicted molar refractivity (Wildman–Crippen MR) is 74.0 cm³/mol. The van der Waals surface area contributed by atoms with Crippen LogP contribution >= 0.6 is 15.9 Å². The molecule has 2 aromatic rings. The Labute approximate surface area is 115 Å². The third-order valence-electron chi connectivity index (χ3n) is 2.32. The van der Waals surface area contributed by atoms with Crippen molar-refractivity contribution in [3.8, 4) is 11.4 Å². The standard InChI is InChI=1S/C13H16BrN3O/c1-13(2,3)15-8-11-16-12(17-18-11)9-5-4-6-10(14)7-9/h4-7,15H,8H2,1-3H3. The van der Waals surface area contributed by atoms with E-state index in [1.165, 1.54) is 0 Å². The molecular weight excluding hydrogens is 294 g/mol. The van der Waals surface area contributed by atoms with E-state index in [9.17, 15) is 0 Å². The zero-order valence-corrected chi connectivity index (χ0v) is 12.3. The molecule has 0 amide bonds. The molecule has 0 saturated heterocycles. The SMILES string of the molecule is CC(C)(C)NCc1nc(-c2cccc(Br)c2)no1. The van der Waals surface area contributed by atoms with Gasteiger partial charge >= 0.3 is 0 Å². The first-order valence-electron chi connectivity index (χ1n) is 5.77. The van der Waals surface area contributed by atoms with Crippen molar-refractivity contribution in [2.45, 2.75) is 32.9 Å². The second kappa shape index (κ2) is 5.20. The lowest BCUT2D eigenvalue weighted by Gasteiger charge is -2.18. The second-order valence-corrected chi connectivity index (χ2v) is 6.04. The first-order valence-corrected chi connectivity index (χ1v) is 6.57. The Hall–Kier alpha value is -1.20. The van der Waals surface area contributed by atoms with Gasteiger partial charge in [-0.15, -0.1) is 0 Å². The average Bonchev–Trinajstić information content (AvgIpc) is 2.74. The Kier molecular flexibility index (Phi) is 3.82. The third kappa shape index (κ3) is 3.65. The van der Waals surface area contributed by atoms with Gasteiger partial charge in [-0.2, -0.15) is 4.98 Å². The molecule has 2 rings (SSSR count). The molecule has 1 N–H and O–H groups in total. The van der Waals surface area contributed by atoms with Crippen LogP contribution < -0.4 is 5.32 Å². The highest BCUT2D eigenvalue weighted by Gasteiger charge is 2.13. The topological polar surface area (TPSA) is 51.0 Å². The van der Waals surface area contributed by atoms with E-state index in [0.717, 1.165) is 10.0 Å². The summed E-state index contributed by atoms with van der Waals surface area (Å²) in [6, 6.07) is 7.83. The highest BCUT2D eigenvalue weighted by atomic mass is 79.9. The molecule has 0 aliphatic rings. The molecule has 4 nitrogen and oxygen atoms in total. The minimum absolute atomic E-state index is 0.0322. The van der Waals surface area contributed by atoms with E-state index in [1.807, 2.05) is 24.3 Å². The number of nitrogens with zero attached hydrogens (tertiary/aromatic N) is 2. The van der Waals surface area contributed by atoms with Crippen LogP contribution in [0.1, 0.15) is 26.7 Å². The zero-order chi connectivity index (χ0) is 13.2. The van der Waals surface area contributed by atoms with Crippen molar-refractivity contribution in [3.63, 3.8) is 0 Å². The Morgan fingerprint density at radius 3 is 2.78 bits per heavy atom. The maximum Gasteiger partial charge on any atom is 0.240 e. The first-order chi connectivity index (χ1) is 8.44. The molecule has 0 aliphatic heterocycles. The lowest BCUT2D eigenvalue weighted by Crippen LogP contribution is -2.35. The van der Waals surface area contributed by atoms with Gasteiger partial charge in [-0.05, 0) is 32.9 Å². The molecule has 0 unspecified atom stereocenters. The molecule has 0 spiro atoms. The molecule has 5 heteroatoms. The van der Waals surface area contributed by atoms with Crippen LogP contribution in [0.2, 0.25) is 0 Å². The Morgan fingerprint density at radius 1 is 1.33 bits per heavy atom. The smallest absolute Gasteiger partial charge is 0.240 e. The number of halogens is 1. The average molecular weight is 310 g/mol. The van der Waals surface area contributed by atoms with Crippen molar-refractivity contribution in [1.82, 2.24) is 15.5 Å². The van der Waals surface area contributed by atoms with Crippen molar-refractivity contribution in [3.05, 3.63) is 34.6 Å². The molecule has 0 radical (unpaired) electrons. The molecule has 0 saturated carbocycles. The van der Waals surface area contributed by atoms with Crippen LogP contribution in [-0.2, 0) is 6.54 Å². The van der Waals surface area contributed by atoms with Crippen molar-refractivity contribution < 1.29 is 4.52 Å². The van der Waals surface area contributed by atoms with Crippen molar-refractivity contribution in [2.24, 2.45) is 0 Å². The fraction of sp³-hybridized carbons (Fsp3) is 0.385. The number of benzene rings is 1. The Bertz CT molecular complexity index is 531. The molecule has 1 aromatic heterocycles. The highest BCUT2D eigenvalue weighted by molar-refractivity contribution is 9.10. The summed E-state index contributed by atoms with van der Waals surface area (Å²) >= 11 is 3.42. The van der Waals surface area contributed by atoms with Gasteiger partial charge in [0.05, 0.1) is 6.54 Å². The number of aromatic nitrogens is 2. The van der Waals surface area contributed by atoms with Crippen LogP contribution in [-0.4, -0.2) is 15.7 Å².